The molecule has 4 heteroatoms. The van der Waals surface area contributed by atoms with Crippen LogP contribution in [-0.2, 0) is 14.2 Å². The van der Waals surface area contributed by atoms with Crippen molar-refractivity contribution in [2.75, 3.05) is 52.7 Å². The second kappa shape index (κ2) is 13.8. The first-order valence-corrected chi connectivity index (χ1v) is 8.37. The van der Waals surface area contributed by atoms with Crippen LogP contribution in [0.25, 0.3) is 0 Å². The molecule has 1 rings (SSSR count). The van der Waals surface area contributed by atoms with Gasteiger partial charge in [-0.1, -0.05) is 26.2 Å². The van der Waals surface area contributed by atoms with Crippen LogP contribution in [0, 0.1) is 5.92 Å². The lowest BCUT2D eigenvalue weighted by molar-refractivity contribution is 0.0147. The summed E-state index contributed by atoms with van der Waals surface area (Å²) < 4.78 is 16.3. The average molecular weight is 287 g/mol. The highest BCUT2D eigenvalue weighted by Gasteiger charge is 2.19. The number of nitrogens with one attached hydrogen (secondary N) is 1. The highest BCUT2D eigenvalue weighted by molar-refractivity contribution is 4.72. The maximum absolute atomic E-state index is 5.49. The Kier molecular flexibility index (Phi) is 12.3. The molecule has 1 aliphatic carbocycles. The summed E-state index contributed by atoms with van der Waals surface area (Å²) in [7, 11) is 0. The Balaban J connectivity index is 1.60. The van der Waals surface area contributed by atoms with E-state index in [1.807, 2.05) is 0 Å². The molecule has 0 aromatic heterocycles. The van der Waals surface area contributed by atoms with Crippen molar-refractivity contribution in [1.82, 2.24) is 5.32 Å². The minimum Gasteiger partial charge on any atom is -0.379 e. The predicted octanol–water partition coefficient (Wildman–Crippen LogP) is 2.62. The second-order valence-corrected chi connectivity index (χ2v) is 5.53. The summed E-state index contributed by atoms with van der Waals surface area (Å²) in [6, 6.07) is 0. The SMILES string of the molecule is CCCCOCCOCCOCCNCCCC1CC1. The van der Waals surface area contributed by atoms with Crippen LogP contribution >= 0.6 is 0 Å². The minimum absolute atomic E-state index is 0.665. The van der Waals surface area contributed by atoms with Crippen molar-refractivity contribution in [1.29, 1.82) is 0 Å². The number of ether oxygens (including phenoxy) is 3. The highest BCUT2D eigenvalue weighted by Crippen LogP contribution is 2.33. The van der Waals surface area contributed by atoms with Crippen LogP contribution in [0.4, 0.5) is 0 Å². The summed E-state index contributed by atoms with van der Waals surface area (Å²) in [5.41, 5.74) is 0. The largest absolute Gasteiger partial charge is 0.379 e. The molecular formula is C16H33NO3. The summed E-state index contributed by atoms with van der Waals surface area (Å²) in [6.07, 6.45) is 7.97. The maximum Gasteiger partial charge on any atom is 0.0701 e. The zero-order chi connectivity index (χ0) is 14.3. The van der Waals surface area contributed by atoms with Crippen LogP contribution in [0.5, 0.6) is 0 Å². The van der Waals surface area contributed by atoms with Crippen molar-refractivity contribution in [3.63, 3.8) is 0 Å². The normalized spacial score (nSPS) is 14.8. The first-order valence-electron chi connectivity index (χ1n) is 8.37. The summed E-state index contributed by atoms with van der Waals surface area (Å²) >= 11 is 0. The average Bonchev–Trinajstić information content (AvgIpc) is 3.27. The molecule has 1 saturated carbocycles. The summed E-state index contributed by atoms with van der Waals surface area (Å²) in [4.78, 5) is 0. The van der Waals surface area contributed by atoms with E-state index in [1.165, 1.54) is 32.1 Å². The van der Waals surface area contributed by atoms with E-state index in [2.05, 4.69) is 12.2 Å². The molecule has 0 aromatic rings. The molecule has 0 heterocycles. The Morgan fingerprint density at radius 3 is 2.10 bits per heavy atom. The third-order valence-electron chi connectivity index (χ3n) is 3.47. The van der Waals surface area contributed by atoms with E-state index >= 15 is 0 Å². The van der Waals surface area contributed by atoms with Gasteiger partial charge in [-0.05, 0) is 31.7 Å². The van der Waals surface area contributed by atoms with Crippen LogP contribution in [0.15, 0.2) is 0 Å². The van der Waals surface area contributed by atoms with E-state index in [9.17, 15) is 0 Å². The Labute approximate surface area is 124 Å². The molecule has 1 N–H and O–H groups in total. The molecule has 0 bridgehead atoms. The van der Waals surface area contributed by atoms with Gasteiger partial charge in [0, 0.05) is 13.2 Å². The topological polar surface area (TPSA) is 39.7 Å². The molecular weight excluding hydrogens is 254 g/mol. The quantitative estimate of drug-likeness (QED) is 0.443. The Hall–Kier alpha value is -0.160. The molecule has 0 spiro atoms. The Morgan fingerprint density at radius 2 is 1.45 bits per heavy atom. The Bertz CT molecular complexity index is 198. The molecule has 20 heavy (non-hydrogen) atoms. The van der Waals surface area contributed by atoms with Gasteiger partial charge >= 0.3 is 0 Å². The highest BCUT2D eigenvalue weighted by atomic mass is 16.5. The van der Waals surface area contributed by atoms with Gasteiger partial charge in [0.05, 0.1) is 33.0 Å². The van der Waals surface area contributed by atoms with Gasteiger partial charge in [0.15, 0.2) is 0 Å². The van der Waals surface area contributed by atoms with Gasteiger partial charge in [0.25, 0.3) is 0 Å². The van der Waals surface area contributed by atoms with E-state index in [-0.39, 0.29) is 0 Å². The number of rotatable bonds is 16. The van der Waals surface area contributed by atoms with Crippen LogP contribution in [-0.4, -0.2) is 52.7 Å². The minimum atomic E-state index is 0.665. The molecule has 0 amide bonds. The molecule has 0 atom stereocenters. The van der Waals surface area contributed by atoms with Crippen molar-refractivity contribution in [3.8, 4) is 0 Å². The smallest absolute Gasteiger partial charge is 0.0701 e. The standard InChI is InChI=1S/C16H33NO3/c1-2-3-10-18-12-14-20-15-13-19-11-9-17-8-4-5-16-6-7-16/h16-17H,2-15H2,1H3. The van der Waals surface area contributed by atoms with E-state index in [4.69, 9.17) is 14.2 Å². The van der Waals surface area contributed by atoms with Gasteiger partial charge in [-0.25, -0.2) is 0 Å². The van der Waals surface area contributed by atoms with Gasteiger partial charge in [-0.15, -0.1) is 0 Å². The van der Waals surface area contributed by atoms with Gasteiger partial charge in [-0.2, -0.15) is 0 Å². The van der Waals surface area contributed by atoms with Crippen LogP contribution < -0.4 is 5.32 Å². The van der Waals surface area contributed by atoms with Crippen LogP contribution in [0.3, 0.4) is 0 Å². The lowest BCUT2D eigenvalue weighted by atomic mass is 10.2. The number of unbranched alkanes of at least 4 members (excludes halogenated alkanes) is 1. The molecule has 120 valence electrons. The first-order chi connectivity index (χ1) is 9.93. The van der Waals surface area contributed by atoms with Crippen molar-refractivity contribution in [3.05, 3.63) is 0 Å². The van der Waals surface area contributed by atoms with Gasteiger partial charge in [0.2, 0.25) is 0 Å². The van der Waals surface area contributed by atoms with Crippen molar-refractivity contribution in [2.45, 2.75) is 45.4 Å². The third-order valence-corrected chi connectivity index (χ3v) is 3.47. The fraction of sp³-hybridized carbons (Fsp3) is 1.00. The second-order valence-electron chi connectivity index (χ2n) is 5.53. The van der Waals surface area contributed by atoms with Crippen LogP contribution in [0.1, 0.15) is 45.4 Å². The fourth-order valence-electron chi connectivity index (χ4n) is 1.98. The van der Waals surface area contributed by atoms with Crippen molar-refractivity contribution in [2.24, 2.45) is 5.92 Å². The summed E-state index contributed by atoms with van der Waals surface area (Å²) in [6.45, 7) is 8.59. The Morgan fingerprint density at radius 1 is 0.800 bits per heavy atom. The lowest BCUT2D eigenvalue weighted by Crippen LogP contribution is -2.22. The van der Waals surface area contributed by atoms with E-state index in [1.54, 1.807) is 0 Å². The van der Waals surface area contributed by atoms with Gasteiger partial charge < -0.3 is 19.5 Å². The van der Waals surface area contributed by atoms with Crippen molar-refractivity contribution < 1.29 is 14.2 Å². The zero-order valence-corrected chi connectivity index (χ0v) is 13.2. The fourth-order valence-corrected chi connectivity index (χ4v) is 1.98. The van der Waals surface area contributed by atoms with Gasteiger partial charge in [0.1, 0.15) is 0 Å². The zero-order valence-electron chi connectivity index (χ0n) is 13.2. The van der Waals surface area contributed by atoms with Crippen LogP contribution in [0.2, 0.25) is 0 Å². The maximum atomic E-state index is 5.49. The van der Waals surface area contributed by atoms with E-state index in [0.29, 0.717) is 26.4 Å². The summed E-state index contributed by atoms with van der Waals surface area (Å²) in [5, 5.41) is 3.41. The molecule has 0 radical (unpaired) electrons. The van der Waals surface area contributed by atoms with E-state index in [0.717, 1.165) is 38.6 Å². The molecule has 0 aliphatic heterocycles. The molecule has 0 aromatic carbocycles. The monoisotopic (exact) mass is 287 g/mol. The third kappa shape index (κ3) is 12.9. The van der Waals surface area contributed by atoms with E-state index < -0.39 is 0 Å². The predicted molar refractivity (Wildman–Crippen MR) is 82.2 cm³/mol. The van der Waals surface area contributed by atoms with Gasteiger partial charge in [-0.3, -0.25) is 0 Å². The number of hydrogen-bond donors (Lipinski definition) is 1. The summed E-state index contributed by atoms with van der Waals surface area (Å²) in [5.74, 6) is 1.05. The molecule has 0 unspecified atom stereocenters. The first kappa shape index (κ1) is 17.9. The molecule has 1 fully saturated rings. The van der Waals surface area contributed by atoms with Crippen molar-refractivity contribution >= 4 is 0 Å². The molecule has 1 aliphatic rings. The molecule has 0 saturated heterocycles. The number of hydrogen-bond acceptors (Lipinski definition) is 4. The molecule has 4 nitrogen and oxygen atoms in total. The lowest BCUT2D eigenvalue weighted by Gasteiger charge is -2.07.